The van der Waals surface area contributed by atoms with Crippen LogP contribution in [0.2, 0.25) is 0 Å². The van der Waals surface area contributed by atoms with Crippen LogP contribution in [0.3, 0.4) is 0 Å². The van der Waals surface area contributed by atoms with Gasteiger partial charge in [-0.25, -0.2) is 4.79 Å². The summed E-state index contributed by atoms with van der Waals surface area (Å²) in [5.74, 6) is 0.904. The van der Waals surface area contributed by atoms with Crippen molar-refractivity contribution in [2.45, 2.75) is 31.8 Å². The Labute approximate surface area is 178 Å². The van der Waals surface area contributed by atoms with Crippen molar-refractivity contribution in [3.8, 4) is 5.75 Å². The Bertz CT molecular complexity index is 845. The number of carbonyl (C=O) groups is 1. The maximum atomic E-state index is 12.5. The summed E-state index contributed by atoms with van der Waals surface area (Å²) >= 11 is 0. The molecular weight excluding hydrogens is 376 g/mol. The smallest absolute Gasteiger partial charge is 0.352 e. The molecule has 1 N–H and O–H groups in total. The molecule has 5 heteroatoms. The molecule has 2 aromatic rings. The number of benzene rings is 2. The molecular formula is C25H31N2O3+. The van der Waals surface area contributed by atoms with Crippen molar-refractivity contribution in [3.05, 3.63) is 66.2 Å². The largest absolute Gasteiger partial charge is 0.493 e. The average Bonchev–Trinajstić information content (AvgIpc) is 2.79. The molecule has 0 radical (unpaired) electrons. The van der Waals surface area contributed by atoms with Crippen LogP contribution in [0.25, 0.3) is 0 Å². The topological polar surface area (TPSA) is 59.4 Å². The molecule has 3 fully saturated rings. The van der Waals surface area contributed by atoms with Crippen LogP contribution in [0.4, 0.5) is 0 Å². The Kier molecular flexibility index (Phi) is 6.48. The summed E-state index contributed by atoms with van der Waals surface area (Å²) in [5, 5.41) is 8.15. The van der Waals surface area contributed by atoms with Gasteiger partial charge in [0.05, 0.1) is 26.2 Å². The van der Waals surface area contributed by atoms with Gasteiger partial charge in [0.25, 0.3) is 0 Å². The molecule has 3 aliphatic rings. The lowest BCUT2D eigenvalue weighted by Crippen LogP contribution is -2.64. The lowest BCUT2D eigenvalue weighted by Gasteiger charge is -2.52. The maximum absolute atomic E-state index is 12.5. The lowest BCUT2D eigenvalue weighted by atomic mass is 9.83. The minimum absolute atomic E-state index is 0.0421. The second-order valence-electron chi connectivity index (χ2n) is 8.63. The van der Waals surface area contributed by atoms with E-state index in [0.717, 1.165) is 61.2 Å². The first-order valence-electron chi connectivity index (χ1n) is 11.0. The van der Waals surface area contributed by atoms with Crippen LogP contribution in [0.1, 0.15) is 24.8 Å². The molecule has 5 rings (SSSR count). The zero-order chi connectivity index (χ0) is 20.8. The Hall–Kier alpha value is -2.66. The van der Waals surface area contributed by atoms with Crippen molar-refractivity contribution in [1.82, 2.24) is 0 Å². The first-order chi connectivity index (χ1) is 14.6. The minimum Gasteiger partial charge on any atom is -0.493 e. The van der Waals surface area contributed by atoms with Crippen molar-refractivity contribution in [2.24, 2.45) is 5.92 Å². The zero-order valence-corrected chi connectivity index (χ0v) is 17.5. The molecule has 158 valence electrons. The summed E-state index contributed by atoms with van der Waals surface area (Å²) < 4.78 is 12.7. The average molecular weight is 408 g/mol. The van der Waals surface area contributed by atoms with Crippen LogP contribution in [-0.4, -0.2) is 55.1 Å². The fourth-order valence-corrected chi connectivity index (χ4v) is 4.86. The Morgan fingerprint density at radius 1 is 1.00 bits per heavy atom. The van der Waals surface area contributed by atoms with E-state index in [0.29, 0.717) is 18.9 Å². The Morgan fingerprint density at radius 2 is 1.67 bits per heavy atom. The highest BCUT2D eigenvalue weighted by molar-refractivity contribution is 6.35. The van der Waals surface area contributed by atoms with Gasteiger partial charge in [-0.3, -0.25) is 5.41 Å². The van der Waals surface area contributed by atoms with Crippen LogP contribution in [-0.2, 0) is 16.0 Å². The summed E-state index contributed by atoms with van der Waals surface area (Å²) in [6.45, 7) is 4.95. The highest BCUT2D eigenvalue weighted by atomic mass is 16.5. The molecule has 0 unspecified atom stereocenters. The zero-order valence-electron chi connectivity index (χ0n) is 17.5. The predicted octanol–water partition coefficient (Wildman–Crippen LogP) is 3.87. The van der Waals surface area contributed by atoms with E-state index in [9.17, 15) is 4.79 Å². The molecule has 5 nitrogen and oxygen atoms in total. The predicted molar refractivity (Wildman–Crippen MR) is 117 cm³/mol. The van der Waals surface area contributed by atoms with Crippen molar-refractivity contribution in [1.29, 1.82) is 5.41 Å². The molecule has 2 bridgehead atoms. The third kappa shape index (κ3) is 5.08. The van der Waals surface area contributed by atoms with E-state index in [1.54, 1.807) is 0 Å². The number of ether oxygens (including phenoxy) is 2. The monoisotopic (exact) mass is 407 g/mol. The number of quaternary nitrogens is 1. The van der Waals surface area contributed by atoms with Crippen LogP contribution in [0.15, 0.2) is 60.7 Å². The van der Waals surface area contributed by atoms with Crippen molar-refractivity contribution in [2.75, 3.05) is 32.8 Å². The van der Waals surface area contributed by atoms with E-state index in [4.69, 9.17) is 14.9 Å². The molecule has 1 atom stereocenters. The van der Waals surface area contributed by atoms with Crippen molar-refractivity contribution < 1.29 is 18.8 Å². The number of carbonyl (C=O) groups excluding carboxylic acids is 1. The number of nitrogens with one attached hydrogen (secondary N) is 1. The van der Waals surface area contributed by atoms with E-state index >= 15 is 0 Å². The summed E-state index contributed by atoms with van der Waals surface area (Å²) in [6, 6.07) is 19.6. The summed E-state index contributed by atoms with van der Waals surface area (Å²) in [7, 11) is 0. The summed E-state index contributed by atoms with van der Waals surface area (Å²) in [6.07, 6.45) is 3.46. The second-order valence-corrected chi connectivity index (χ2v) is 8.63. The maximum Gasteiger partial charge on any atom is 0.352 e. The van der Waals surface area contributed by atoms with Gasteiger partial charge in [0.15, 0.2) is 6.10 Å². The number of piperidine rings is 3. The molecule has 0 amide bonds. The molecule has 3 aliphatic heterocycles. The van der Waals surface area contributed by atoms with E-state index < -0.39 is 5.97 Å². The van der Waals surface area contributed by atoms with Crippen LogP contribution < -0.4 is 4.74 Å². The fourth-order valence-electron chi connectivity index (χ4n) is 4.86. The normalized spacial score (nSPS) is 24.9. The summed E-state index contributed by atoms with van der Waals surface area (Å²) in [4.78, 5) is 12.5. The molecule has 0 aromatic heterocycles. The molecule has 0 aliphatic carbocycles. The van der Waals surface area contributed by atoms with E-state index in [1.165, 1.54) is 0 Å². The molecule has 0 spiro atoms. The first kappa shape index (κ1) is 20.6. The quantitative estimate of drug-likeness (QED) is 0.297. The fraction of sp³-hybridized carbons (Fsp3) is 0.440. The van der Waals surface area contributed by atoms with E-state index in [-0.39, 0.29) is 11.8 Å². The van der Waals surface area contributed by atoms with Crippen molar-refractivity contribution >= 4 is 11.7 Å². The van der Waals surface area contributed by atoms with Gasteiger partial charge in [-0.1, -0.05) is 48.5 Å². The number of esters is 1. The lowest BCUT2D eigenvalue weighted by molar-refractivity contribution is -0.946. The number of nitrogens with zero attached hydrogens (tertiary/aromatic N) is 1. The third-order valence-electron chi connectivity index (χ3n) is 6.56. The van der Waals surface area contributed by atoms with Gasteiger partial charge in [-0.2, -0.15) is 0 Å². The van der Waals surface area contributed by atoms with Gasteiger partial charge >= 0.3 is 5.97 Å². The first-order valence-corrected chi connectivity index (χ1v) is 11.0. The Balaban J connectivity index is 1.27. The Morgan fingerprint density at radius 3 is 2.37 bits per heavy atom. The van der Waals surface area contributed by atoms with Gasteiger partial charge in [-0.15, -0.1) is 0 Å². The van der Waals surface area contributed by atoms with E-state index in [2.05, 4.69) is 0 Å². The molecule has 2 aromatic carbocycles. The molecule has 3 saturated heterocycles. The van der Waals surface area contributed by atoms with Gasteiger partial charge in [0.2, 0.25) is 0 Å². The van der Waals surface area contributed by atoms with Crippen molar-refractivity contribution in [3.63, 3.8) is 0 Å². The van der Waals surface area contributed by atoms with Crippen LogP contribution >= 0.6 is 0 Å². The number of para-hydroxylation sites is 1. The number of hydrogen-bond acceptors (Lipinski definition) is 4. The number of rotatable bonds is 9. The van der Waals surface area contributed by atoms with Gasteiger partial charge < -0.3 is 14.0 Å². The summed E-state index contributed by atoms with van der Waals surface area (Å²) in [5.41, 5.74) is 1.01. The second kappa shape index (κ2) is 9.43. The standard InChI is InChI=1S/C25H31N2O3/c26-23(18-20-8-3-1-4-9-20)25(28)30-24-19-27(15-12-21(24)13-16-27)14-7-17-29-22-10-5-2-6-11-22/h1-6,8-11,21,24,26H,7,12-19H2/q+1/t21?,24-,27?/m0/s1. The minimum atomic E-state index is -0.455. The SMILES string of the molecule is N=C(Cc1ccccc1)C(=O)O[C@H]1C[N+]2(CCCOc3ccccc3)CCC1CC2. The van der Waals surface area contributed by atoms with Gasteiger partial charge in [-0.05, 0) is 17.7 Å². The van der Waals surface area contributed by atoms with Gasteiger partial charge in [0.1, 0.15) is 18.0 Å². The highest BCUT2D eigenvalue weighted by Gasteiger charge is 2.47. The van der Waals surface area contributed by atoms with Crippen LogP contribution in [0, 0.1) is 11.3 Å². The number of fused-ring (bicyclic) bond motifs is 3. The third-order valence-corrected chi connectivity index (χ3v) is 6.56. The molecule has 0 saturated carbocycles. The molecule has 3 heterocycles. The van der Waals surface area contributed by atoms with E-state index in [1.807, 2.05) is 60.7 Å². The number of hydrogen-bond donors (Lipinski definition) is 1. The van der Waals surface area contributed by atoms with Gasteiger partial charge in [0, 0.05) is 31.6 Å². The van der Waals surface area contributed by atoms with Crippen LogP contribution in [0.5, 0.6) is 5.75 Å². The molecule has 30 heavy (non-hydrogen) atoms. The highest BCUT2D eigenvalue weighted by Crippen LogP contribution is 2.35.